The number of aromatic nitrogens is 4. The van der Waals surface area contributed by atoms with Crippen LogP contribution in [0.5, 0.6) is 11.5 Å². The Labute approximate surface area is 340 Å². The Morgan fingerprint density at radius 1 is 0.373 bits per heavy atom. The van der Waals surface area contributed by atoms with Gasteiger partial charge in [0.25, 0.3) is 0 Å². The fourth-order valence-electron chi connectivity index (χ4n) is 9.93. The van der Waals surface area contributed by atoms with Crippen LogP contribution in [0.3, 0.4) is 0 Å². The molecule has 12 aromatic rings. The van der Waals surface area contributed by atoms with Crippen LogP contribution in [0.15, 0.2) is 158 Å². The molecule has 0 aliphatic rings. The van der Waals surface area contributed by atoms with Gasteiger partial charge in [0, 0.05) is 21.5 Å². The van der Waals surface area contributed by atoms with E-state index < -0.39 is 0 Å². The first-order chi connectivity index (χ1) is 28.9. The first-order valence-corrected chi connectivity index (χ1v) is 20.3. The quantitative estimate of drug-likeness (QED) is 0.168. The molecule has 8 aromatic carbocycles. The monoisotopic (exact) mass is 758 g/mol. The smallest absolute Gasteiger partial charge is 0.146 e. The van der Waals surface area contributed by atoms with Crippen LogP contribution in [0.1, 0.15) is 22.3 Å². The molecule has 0 fully saturated rings. The molecule has 0 aliphatic carbocycles. The molecule has 0 spiro atoms. The average molecular weight is 759 g/mol. The van der Waals surface area contributed by atoms with E-state index in [9.17, 15) is 0 Å². The molecule has 0 saturated heterocycles. The van der Waals surface area contributed by atoms with E-state index in [4.69, 9.17) is 14.7 Å². The van der Waals surface area contributed by atoms with E-state index in [0.717, 1.165) is 77.4 Å². The largest absolute Gasteiger partial charge is 0.457 e. The number of fused-ring (bicyclic) bond motifs is 16. The maximum absolute atomic E-state index is 6.90. The third kappa shape index (κ3) is 4.85. The van der Waals surface area contributed by atoms with Crippen molar-refractivity contribution in [2.75, 3.05) is 0 Å². The Kier molecular flexibility index (Phi) is 7.12. The lowest BCUT2D eigenvalue weighted by Gasteiger charge is -2.18. The molecule has 5 heteroatoms. The van der Waals surface area contributed by atoms with E-state index in [1.807, 2.05) is 0 Å². The van der Waals surface area contributed by atoms with Crippen molar-refractivity contribution >= 4 is 76.7 Å². The van der Waals surface area contributed by atoms with Crippen molar-refractivity contribution in [2.45, 2.75) is 27.7 Å². The van der Waals surface area contributed by atoms with Crippen molar-refractivity contribution < 1.29 is 4.74 Å². The molecule has 5 nitrogen and oxygen atoms in total. The van der Waals surface area contributed by atoms with E-state index in [1.54, 1.807) is 0 Å². The molecule has 0 atom stereocenters. The van der Waals surface area contributed by atoms with E-state index in [2.05, 4.69) is 194 Å². The normalized spacial score (nSPS) is 12.1. The van der Waals surface area contributed by atoms with Gasteiger partial charge >= 0.3 is 0 Å². The molecule has 280 valence electrons. The number of pyridine rings is 2. The first-order valence-electron chi connectivity index (χ1n) is 20.3. The number of nitrogens with zero attached hydrogens (tertiary/aromatic N) is 4. The summed E-state index contributed by atoms with van der Waals surface area (Å²) in [6.07, 6.45) is 0. The summed E-state index contributed by atoms with van der Waals surface area (Å²) in [5.41, 5.74) is 18.2. The molecular formula is C54H38N4O. The zero-order valence-corrected chi connectivity index (χ0v) is 33.2. The fourth-order valence-corrected chi connectivity index (χ4v) is 9.93. The number of rotatable bonds is 4. The molecule has 4 aromatic heterocycles. The second-order valence-electron chi connectivity index (χ2n) is 16.0. The number of hydrogen-bond donors (Lipinski definition) is 0. The van der Waals surface area contributed by atoms with Crippen LogP contribution in [0, 0.1) is 27.7 Å². The summed E-state index contributed by atoms with van der Waals surface area (Å²) in [5, 5.41) is 6.77. The van der Waals surface area contributed by atoms with Crippen LogP contribution < -0.4 is 4.74 Å². The van der Waals surface area contributed by atoms with Crippen LogP contribution in [-0.2, 0) is 0 Å². The van der Waals surface area contributed by atoms with Crippen LogP contribution in [-0.4, -0.2) is 18.8 Å². The highest BCUT2D eigenvalue weighted by atomic mass is 16.5. The molecule has 4 heterocycles. The van der Waals surface area contributed by atoms with Crippen LogP contribution in [0.25, 0.3) is 99.0 Å². The zero-order valence-electron chi connectivity index (χ0n) is 33.2. The third-order valence-corrected chi connectivity index (χ3v) is 12.4. The molecule has 0 bridgehead atoms. The van der Waals surface area contributed by atoms with Gasteiger partial charge in [0.2, 0.25) is 0 Å². The van der Waals surface area contributed by atoms with Crippen LogP contribution in [0.4, 0.5) is 0 Å². The van der Waals surface area contributed by atoms with Crippen molar-refractivity contribution in [3.8, 4) is 33.8 Å². The van der Waals surface area contributed by atoms with Gasteiger partial charge in [0.1, 0.15) is 22.8 Å². The minimum atomic E-state index is 0.747. The van der Waals surface area contributed by atoms with Crippen LogP contribution >= 0.6 is 0 Å². The van der Waals surface area contributed by atoms with Crippen molar-refractivity contribution in [2.24, 2.45) is 0 Å². The molecule has 0 saturated carbocycles. The molecule has 12 rings (SSSR count). The van der Waals surface area contributed by atoms with Crippen molar-refractivity contribution in [1.82, 2.24) is 18.8 Å². The van der Waals surface area contributed by atoms with Gasteiger partial charge < -0.3 is 4.74 Å². The van der Waals surface area contributed by atoms with E-state index in [0.29, 0.717) is 0 Å². The minimum absolute atomic E-state index is 0.747. The van der Waals surface area contributed by atoms with Gasteiger partial charge in [0.05, 0.1) is 33.1 Å². The maximum atomic E-state index is 6.90. The van der Waals surface area contributed by atoms with Gasteiger partial charge in [-0.2, -0.15) is 0 Å². The van der Waals surface area contributed by atoms with Gasteiger partial charge in [-0.1, -0.05) is 84.9 Å². The molecule has 0 aliphatic heterocycles. The van der Waals surface area contributed by atoms with Crippen molar-refractivity contribution in [3.05, 3.63) is 180 Å². The molecule has 0 N–H and O–H groups in total. The number of hydrogen-bond acceptors (Lipinski definition) is 3. The zero-order chi connectivity index (χ0) is 39.5. The summed E-state index contributed by atoms with van der Waals surface area (Å²) in [7, 11) is 0. The minimum Gasteiger partial charge on any atom is -0.457 e. The number of benzene rings is 8. The topological polar surface area (TPSA) is 43.8 Å². The Hall–Kier alpha value is -7.50. The van der Waals surface area contributed by atoms with Gasteiger partial charge in [0.15, 0.2) is 0 Å². The number of imidazole rings is 2. The second kappa shape index (κ2) is 12.5. The van der Waals surface area contributed by atoms with E-state index >= 15 is 0 Å². The summed E-state index contributed by atoms with van der Waals surface area (Å²) < 4.78 is 11.5. The van der Waals surface area contributed by atoms with Crippen molar-refractivity contribution in [3.63, 3.8) is 0 Å². The lowest BCUT2D eigenvalue weighted by Crippen LogP contribution is -1.97. The van der Waals surface area contributed by atoms with Gasteiger partial charge in [-0.25, -0.2) is 9.97 Å². The highest BCUT2D eigenvalue weighted by Gasteiger charge is 2.21. The Morgan fingerprint density at radius 3 is 1.20 bits per heavy atom. The SMILES string of the molecule is Cc1cccc(C)c1-c1cccc2c1c1ccc(Oc3ccc4c(c3)c3nc5ccccc5n3c3cccc(-c5c(C)cccc5C)c43)cc1c1nc3ccccc3n21. The van der Waals surface area contributed by atoms with Crippen molar-refractivity contribution in [1.29, 1.82) is 0 Å². The van der Waals surface area contributed by atoms with E-state index in [-0.39, 0.29) is 0 Å². The molecule has 0 radical (unpaired) electrons. The Morgan fingerprint density at radius 2 is 0.763 bits per heavy atom. The maximum Gasteiger partial charge on any atom is 0.146 e. The van der Waals surface area contributed by atoms with Gasteiger partial charge in [-0.15, -0.1) is 0 Å². The fraction of sp³-hybridized carbons (Fsp3) is 0.0741. The number of para-hydroxylation sites is 4. The summed E-state index contributed by atoms with van der Waals surface area (Å²) >= 11 is 0. The lowest BCUT2D eigenvalue weighted by atomic mass is 9.91. The summed E-state index contributed by atoms with van der Waals surface area (Å²) in [4.78, 5) is 10.5. The molecule has 59 heavy (non-hydrogen) atoms. The van der Waals surface area contributed by atoms with Gasteiger partial charge in [-0.05, 0) is 156 Å². The number of ether oxygens (including phenoxy) is 1. The summed E-state index contributed by atoms with van der Waals surface area (Å²) in [6.45, 7) is 8.82. The predicted molar refractivity (Wildman–Crippen MR) is 245 cm³/mol. The second-order valence-corrected chi connectivity index (χ2v) is 16.0. The van der Waals surface area contributed by atoms with E-state index in [1.165, 1.54) is 55.3 Å². The average Bonchev–Trinajstić information content (AvgIpc) is 3.84. The highest BCUT2D eigenvalue weighted by molar-refractivity contribution is 6.20. The summed E-state index contributed by atoms with van der Waals surface area (Å²) in [6, 6.07) is 56.2. The third-order valence-electron chi connectivity index (χ3n) is 12.4. The molecule has 0 unspecified atom stereocenters. The Bertz CT molecular complexity index is 3470. The number of aryl methyl sites for hydroxylation is 4. The molecule has 0 amide bonds. The highest BCUT2D eigenvalue weighted by Crippen LogP contribution is 2.44. The lowest BCUT2D eigenvalue weighted by molar-refractivity contribution is 0.484. The van der Waals surface area contributed by atoms with Gasteiger partial charge in [-0.3, -0.25) is 8.80 Å². The standard InChI is InChI=1S/C54H38N4O/c1-31-13-9-14-32(2)49(31)39-17-11-23-47-51(39)37-27-25-35(29-41(37)53-55-43-19-5-7-21-45(43)57(47)53)59-36-26-28-38-42(30-36)54-56-44-20-6-8-22-46(44)58(54)48-24-12-18-40(52(38)48)50-33(3)15-10-16-34(50)4/h5-30H,1-4H3. The predicted octanol–water partition coefficient (Wildman–Crippen LogP) is 14.3. The molecular weight excluding hydrogens is 721 g/mol. The Balaban J connectivity index is 1.11. The summed E-state index contributed by atoms with van der Waals surface area (Å²) in [5.74, 6) is 1.49. The first kappa shape index (κ1) is 33.6. The van der Waals surface area contributed by atoms with Crippen LogP contribution in [0.2, 0.25) is 0 Å².